The number of carbonyl (C=O) groups excluding carboxylic acids is 2. The van der Waals surface area contributed by atoms with Crippen LogP contribution in [0.25, 0.3) is 0 Å². The van der Waals surface area contributed by atoms with Crippen LogP contribution in [0.5, 0.6) is 0 Å². The number of ether oxygens (including phenoxy) is 1. The third kappa shape index (κ3) is 65.1. The van der Waals surface area contributed by atoms with E-state index < -0.39 is 12.1 Å². The van der Waals surface area contributed by atoms with Crippen molar-refractivity contribution in [1.82, 2.24) is 5.32 Å². The topological polar surface area (TPSA) is 95.9 Å². The molecule has 0 heterocycles. The van der Waals surface area contributed by atoms with E-state index in [-0.39, 0.29) is 18.5 Å². The lowest BCUT2D eigenvalue weighted by Crippen LogP contribution is -2.45. The van der Waals surface area contributed by atoms with Crippen molar-refractivity contribution in [2.45, 2.75) is 405 Å². The third-order valence-electron chi connectivity index (χ3n) is 16.7. The molecule has 0 aliphatic rings. The monoisotopic (exact) mass is 1110 g/mol. The zero-order valence-electron chi connectivity index (χ0n) is 53.4. The van der Waals surface area contributed by atoms with Crippen molar-refractivity contribution in [3.8, 4) is 0 Å². The van der Waals surface area contributed by atoms with Gasteiger partial charge in [-0.2, -0.15) is 0 Å². The number of nitrogens with one attached hydrogen (secondary N) is 1. The SMILES string of the molecule is CCCC/C=C\C/C=C\CCCCCCCC(=O)OCCCCCCCCCCCCCCCCCCCCCCCCCCCCCCC(=O)NC(CO)C(O)/C=C/CCCCCCCCCCCCCCCCCCCC. The molecule has 0 aliphatic carbocycles. The average molecular weight is 1110 g/mol. The number of hydrogen-bond donors (Lipinski definition) is 3. The van der Waals surface area contributed by atoms with E-state index >= 15 is 0 Å². The summed E-state index contributed by atoms with van der Waals surface area (Å²) in [5.74, 6) is -0.0571. The molecule has 0 rings (SSSR count). The number of amides is 1. The van der Waals surface area contributed by atoms with E-state index in [1.165, 1.54) is 315 Å². The first-order chi connectivity index (χ1) is 39.0. The molecule has 1 amide bonds. The van der Waals surface area contributed by atoms with Crippen LogP contribution in [0.15, 0.2) is 36.5 Å². The summed E-state index contributed by atoms with van der Waals surface area (Å²) in [4.78, 5) is 24.6. The normalized spacial score (nSPS) is 12.7. The number of hydrogen-bond acceptors (Lipinski definition) is 5. The molecule has 0 bridgehead atoms. The highest BCUT2D eigenvalue weighted by Gasteiger charge is 2.18. The Kier molecular flexibility index (Phi) is 66.9. The molecule has 0 aromatic rings. The summed E-state index contributed by atoms with van der Waals surface area (Å²) in [6.45, 7) is 4.89. The van der Waals surface area contributed by atoms with Gasteiger partial charge in [0.2, 0.25) is 5.91 Å². The minimum Gasteiger partial charge on any atom is -0.466 e. The molecule has 6 nitrogen and oxygen atoms in total. The van der Waals surface area contributed by atoms with Gasteiger partial charge >= 0.3 is 5.97 Å². The second-order valence-electron chi connectivity index (χ2n) is 24.6. The van der Waals surface area contributed by atoms with Crippen LogP contribution in [0.4, 0.5) is 0 Å². The maximum Gasteiger partial charge on any atom is 0.305 e. The molecule has 3 N–H and O–H groups in total. The Balaban J connectivity index is 3.37. The van der Waals surface area contributed by atoms with Gasteiger partial charge in [0.05, 0.1) is 25.4 Å². The van der Waals surface area contributed by atoms with Gasteiger partial charge in [-0.1, -0.05) is 359 Å². The third-order valence-corrected chi connectivity index (χ3v) is 16.7. The van der Waals surface area contributed by atoms with Gasteiger partial charge in [0.25, 0.3) is 0 Å². The Bertz CT molecular complexity index is 1280. The molecule has 0 saturated carbocycles. The van der Waals surface area contributed by atoms with Crippen molar-refractivity contribution in [1.29, 1.82) is 0 Å². The smallest absolute Gasteiger partial charge is 0.305 e. The summed E-state index contributed by atoms with van der Waals surface area (Å²) >= 11 is 0. The van der Waals surface area contributed by atoms with E-state index in [0.29, 0.717) is 19.4 Å². The summed E-state index contributed by atoms with van der Waals surface area (Å²) in [6.07, 6.45) is 88.0. The van der Waals surface area contributed by atoms with Crippen LogP contribution in [0.2, 0.25) is 0 Å². The second-order valence-corrected chi connectivity index (χ2v) is 24.6. The molecule has 466 valence electrons. The van der Waals surface area contributed by atoms with Crippen molar-refractivity contribution < 1.29 is 24.5 Å². The van der Waals surface area contributed by atoms with Crippen molar-refractivity contribution in [2.24, 2.45) is 0 Å². The fourth-order valence-corrected chi connectivity index (χ4v) is 11.2. The zero-order valence-corrected chi connectivity index (χ0v) is 53.4. The molecule has 0 aromatic heterocycles. The predicted molar refractivity (Wildman–Crippen MR) is 347 cm³/mol. The van der Waals surface area contributed by atoms with Crippen LogP contribution in [0.3, 0.4) is 0 Å². The first kappa shape index (κ1) is 77.1. The van der Waals surface area contributed by atoms with Gasteiger partial charge < -0.3 is 20.3 Å². The van der Waals surface area contributed by atoms with Gasteiger partial charge in [-0.15, -0.1) is 0 Å². The lowest BCUT2D eigenvalue weighted by Gasteiger charge is -2.20. The molecule has 2 unspecified atom stereocenters. The van der Waals surface area contributed by atoms with E-state index in [1.54, 1.807) is 6.08 Å². The molecule has 0 aliphatic heterocycles. The Morgan fingerprint density at radius 2 is 0.646 bits per heavy atom. The van der Waals surface area contributed by atoms with Crippen molar-refractivity contribution in [3.05, 3.63) is 36.5 Å². The molecular formula is C73H139NO5. The van der Waals surface area contributed by atoms with Crippen LogP contribution in [-0.4, -0.2) is 47.4 Å². The maximum atomic E-state index is 12.5. The molecule has 0 saturated heterocycles. The fourth-order valence-electron chi connectivity index (χ4n) is 11.2. The Labute approximate surface area is 494 Å². The van der Waals surface area contributed by atoms with E-state index in [9.17, 15) is 19.8 Å². The summed E-state index contributed by atoms with van der Waals surface area (Å²) in [6, 6.07) is -0.626. The lowest BCUT2D eigenvalue weighted by atomic mass is 10.0. The highest BCUT2D eigenvalue weighted by atomic mass is 16.5. The van der Waals surface area contributed by atoms with Crippen molar-refractivity contribution >= 4 is 11.9 Å². The van der Waals surface area contributed by atoms with Gasteiger partial charge in [0.15, 0.2) is 0 Å². The van der Waals surface area contributed by atoms with Crippen molar-refractivity contribution in [2.75, 3.05) is 13.2 Å². The number of carbonyl (C=O) groups is 2. The van der Waals surface area contributed by atoms with E-state index in [4.69, 9.17) is 4.74 Å². The highest BCUT2D eigenvalue weighted by molar-refractivity contribution is 5.76. The number of aliphatic hydroxyl groups excluding tert-OH is 2. The van der Waals surface area contributed by atoms with E-state index in [2.05, 4.69) is 43.5 Å². The number of esters is 1. The Morgan fingerprint density at radius 1 is 0.354 bits per heavy atom. The molecule has 0 aromatic carbocycles. The van der Waals surface area contributed by atoms with Gasteiger partial charge in [0, 0.05) is 12.8 Å². The molecule has 0 fully saturated rings. The molecular weight excluding hydrogens is 971 g/mol. The molecule has 6 heteroatoms. The molecule has 79 heavy (non-hydrogen) atoms. The van der Waals surface area contributed by atoms with Crippen LogP contribution in [-0.2, 0) is 14.3 Å². The van der Waals surface area contributed by atoms with E-state index in [1.807, 2.05) is 6.08 Å². The minimum atomic E-state index is -0.843. The Hall–Kier alpha value is -1.92. The first-order valence-electron chi connectivity index (χ1n) is 35.8. The summed E-state index contributed by atoms with van der Waals surface area (Å²) in [7, 11) is 0. The van der Waals surface area contributed by atoms with Crippen LogP contribution < -0.4 is 5.32 Å². The molecule has 0 spiro atoms. The van der Waals surface area contributed by atoms with Gasteiger partial charge in [0.1, 0.15) is 0 Å². The first-order valence-corrected chi connectivity index (χ1v) is 35.8. The number of aliphatic hydroxyl groups is 2. The van der Waals surface area contributed by atoms with Crippen LogP contribution in [0.1, 0.15) is 393 Å². The standard InChI is InChI=1S/C73H139NO5/c1-3-5-7-9-11-13-15-17-19-20-21-32-35-38-41-45-49-53-57-61-65-71(76)70(69-75)74-72(77)66-62-58-54-50-46-42-39-36-33-30-28-26-24-22-23-25-27-29-31-34-37-40-44-48-52-56-60-64-68-79-73(78)67-63-59-55-51-47-43-18-16-14-12-10-8-6-4-2/h10,12,16,18,61,65,70-71,75-76H,3-9,11,13-15,17,19-60,62-64,66-69H2,1-2H3,(H,74,77)/b12-10-,18-16-,65-61+. The van der Waals surface area contributed by atoms with Gasteiger partial charge in [-0.3, -0.25) is 9.59 Å². The highest BCUT2D eigenvalue weighted by Crippen LogP contribution is 2.19. The zero-order chi connectivity index (χ0) is 57.1. The largest absolute Gasteiger partial charge is 0.466 e. The summed E-state index contributed by atoms with van der Waals surface area (Å²) < 4.78 is 5.48. The average Bonchev–Trinajstić information content (AvgIpc) is 3.45. The number of unbranched alkanes of at least 4 members (excludes halogenated alkanes) is 52. The fraction of sp³-hybridized carbons (Fsp3) is 0.890. The lowest BCUT2D eigenvalue weighted by molar-refractivity contribution is -0.143. The molecule has 0 radical (unpaired) electrons. The number of allylic oxidation sites excluding steroid dienone is 5. The quantitative estimate of drug-likeness (QED) is 0.0320. The number of rotatable bonds is 67. The maximum absolute atomic E-state index is 12.5. The predicted octanol–water partition coefficient (Wildman–Crippen LogP) is 23.1. The second kappa shape index (κ2) is 68.6. The summed E-state index contributed by atoms with van der Waals surface area (Å²) in [5.41, 5.74) is 0. The van der Waals surface area contributed by atoms with Gasteiger partial charge in [-0.05, 0) is 57.8 Å². The van der Waals surface area contributed by atoms with Crippen LogP contribution >= 0.6 is 0 Å². The van der Waals surface area contributed by atoms with E-state index in [0.717, 1.165) is 51.4 Å². The summed E-state index contributed by atoms with van der Waals surface area (Å²) in [5, 5.41) is 23.2. The molecule has 2 atom stereocenters. The van der Waals surface area contributed by atoms with Crippen molar-refractivity contribution in [3.63, 3.8) is 0 Å². The minimum absolute atomic E-state index is 0.00418. The van der Waals surface area contributed by atoms with Gasteiger partial charge in [-0.25, -0.2) is 0 Å². The Morgan fingerprint density at radius 3 is 1.00 bits per heavy atom. The van der Waals surface area contributed by atoms with Crippen LogP contribution in [0, 0.1) is 0 Å².